The summed E-state index contributed by atoms with van der Waals surface area (Å²) in [5.74, 6) is -0.619. The number of aromatic nitrogens is 1. The number of carbonyl (C=O) groups is 2. The van der Waals surface area contributed by atoms with Crippen molar-refractivity contribution in [2.45, 2.75) is 6.92 Å². The van der Waals surface area contributed by atoms with Crippen LogP contribution in [0.25, 0.3) is 11.3 Å². The molecule has 1 aliphatic heterocycles. The van der Waals surface area contributed by atoms with E-state index in [-0.39, 0.29) is 33.7 Å². The summed E-state index contributed by atoms with van der Waals surface area (Å²) in [7, 11) is 1.59. The van der Waals surface area contributed by atoms with Gasteiger partial charge in [-0.15, -0.1) is 0 Å². The van der Waals surface area contributed by atoms with E-state index >= 15 is 0 Å². The lowest BCUT2D eigenvalue weighted by molar-refractivity contribution is -0.122. The number of likely N-dealkylation sites (N-methyl/N-ethyl adjacent to an activating group) is 1. The van der Waals surface area contributed by atoms with Crippen molar-refractivity contribution in [1.29, 1.82) is 0 Å². The summed E-state index contributed by atoms with van der Waals surface area (Å²) in [6.45, 7) is 3.94. The average Bonchev–Trinajstić information content (AvgIpc) is 3.02. The Morgan fingerprint density at radius 2 is 2.00 bits per heavy atom. The lowest BCUT2D eigenvalue weighted by atomic mass is 10.0. The molecule has 0 radical (unpaired) electrons. The number of hydrogen-bond donors (Lipinski definition) is 1. The molecule has 0 aliphatic carbocycles. The first-order valence-electron chi connectivity index (χ1n) is 8.55. The molecule has 27 heavy (non-hydrogen) atoms. The second kappa shape index (κ2) is 8.06. The molecule has 1 aromatic heterocycles. The molecule has 3 rings (SSSR count). The van der Waals surface area contributed by atoms with E-state index in [4.69, 9.17) is 16.1 Å². The number of nitrogens with zero attached hydrogens (tertiary/aromatic N) is 3. The van der Waals surface area contributed by atoms with Gasteiger partial charge >= 0.3 is 0 Å². The molecule has 2 amide bonds. The third kappa shape index (κ3) is 3.96. The summed E-state index contributed by atoms with van der Waals surface area (Å²) >= 11 is 6.13. The Morgan fingerprint density at radius 1 is 1.30 bits per heavy atom. The number of nitrogens with one attached hydrogen (secondary N) is 1. The molecule has 1 aromatic carbocycles. The molecule has 7 nitrogen and oxygen atoms in total. The summed E-state index contributed by atoms with van der Waals surface area (Å²) < 4.78 is 19.5. The number of aryl methyl sites for hydroxylation is 1. The molecule has 1 aliphatic rings. The van der Waals surface area contributed by atoms with Crippen molar-refractivity contribution >= 4 is 23.4 Å². The molecule has 1 saturated heterocycles. The number of benzene rings is 1. The average molecular weight is 395 g/mol. The van der Waals surface area contributed by atoms with Crippen LogP contribution in [-0.2, 0) is 4.79 Å². The fraction of sp³-hybridized carbons (Fsp3) is 0.389. The monoisotopic (exact) mass is 394 g/mol. The molecule has 0 spiro atoms. The van der Waals surface area contributed by atoms with E-state index in [0.29, 0.717) is 38.5 Å². The fourth-order valence-corrected chi connectivity index (χ4v) is 3.32. The van der Waals surface area contributed by atoms with Crippen LogP contribution in [0.2, 0.25) is 5.02 Å². The van der Waals surface area contributed by atoms with Crippen LogP contribution in [0.3, 0.4) is 0 Å². The zero-order valence-electron chi connectivity index (χ0n) is 15.1. The first-order valence-corrected chi connectivity index (χ1v) is 8.93. The van der Waals surface area contributed by atoms with Gasteiger partial charge in [0.15, 0.2) is 0 Å². The molecule has 0 bridgehead atoms. The van der Waals surface area contributed by atoms with Crippen molar-refractivity contribution in [2.24, 2.45) is 0 Å². The van der Waals surface area contributed by atoms with Gasteiger partial charge in [0.1, 0.15) is 22.8 Å². The van der Waals surface area contributed by atoms with Crippen molar-refractivity contribution in [2.75, 3.05) is 39.8 Å². The molecule has 9 heteroatoms. The number of carbonyl (C=O) groups excluding carboxylic acids is 2. The minimum Gasteiger partial charge on any atom is -0.360 e. The number of piperazine rings is 1. The van der Waals surface area contributed by atoms with Crippen LogP contribution in [0.5, 0.6) is 0 Å². The predicted molar refractivity (Wildman–Crippen MR) is 98.1 cm³/mol. The summed E-state index contributed by atoms with van der Waals surface area (Å²) in [6, 6.07) is 4.29. The predicted octanol–water partition coefficient (Wildman–Crippen LogP) is 1.95. The van der Waals surface area contributed by atoms with E-state index in [9.17, 15) is 14.0 Å². The normalized spacial score (nSPS) is 15.0. The highest BCUT2D eigenvalue weighted by Crippen LogP contribution is 2.34. The summed E-state index contributed by atoms with van der Waals surface area (Å²) in [5.41, 5.74) is 0.368. The van der Waals surface area contributed by atoms with E-state index in [1.54, 1.807) is 18.9 Å². The minimum absolute atomic E-state index is 0.0534. The number of amides is 2. The van der Waals surface area contributed by atoms with Crippen LogP contribution in [0, 0.1) is 12.7 Å². The summed E-state index contributed by atoms with van der Waals surface area (Å²) in [5, 5.41) is 6.62. The van der Waals surface area contributed by atoms with E-state index in [1.807, 2.05) is 4.90 Å². The quantitative estimate of drug-likeness (QED) is 0.857. The molecule has 2 heterocycles. The van der Waals surface area contributed by atoms with Gasteiger partial charge in [0.2, 0.25) is 5.91 Å². The van der Waals surface area contributed by atoms with E-state index in [0.717, 1.165) is 0 Å². The second-order valence-corrected chi connectivity index (χ2v) is 6.71. The summed E-state index contributed by atoms with van der Waals surface area (Å²) in [4.78, 5) is 28.2. The van der Waals surface area contributed by atoms with Crippen molar-refractivity contribution in [3.05, 3.63) is 40.4 Å². The maximum atomic E-state index is 14.3. The Labute approximate surface area is 161 Å². The van der Waals surface area contributed by atoms with Gasteiger partial charge in [0, 0.05) is 33.2 Å². The van der Waals surface area contributed by atoms with Gasteiger partial charge in [0.05, 0.1) is 17.1 Å². The van der Waals surface area contributed by atoms with Crippen LogP contribution >= 0.6 is 11.6 Å². The van der Waals surface area contributed by atoms with Crippen LogP contribution < -0.4 is 5.32 Å². The molecule has 1 N–H and O–H groups in total. The molecular weight excluding hydrogens is 375 g/mol. The Kier molecular flexibility index (Phi) is 5.76. The topological polar surface area (TPSA) is 78.7 Å². The minimum atomic E-state index is -0.569. The molecule has 2 aromatic rings. The zero-order valence-corrected chi connectivity index (χ0v) is 15.8. The van der Waals surface area contributed by atoms with Gasteiger partial charge < -0.3 is 14.7 Å². The Hall–Kier alpha value is -2.45. The lowest BCUT2D eigenvalue weighted by Gasteiger charge is -2.34. The van der Waals surface area contributed by atoms with Crippen molar-refractivity contribution < 1.29 is 18.5 Å². The second-order valence-electron chi connectivity index (χ2n) is 6.30. The Morgan fingerprint density at radius 3 is 2.63 bits per heavy atom. The van der Waals surface area contributed by atoms with E-state index in [1.165, 1.54) is 18.2 Å². The third-order valence-corrected chi connectivity index (χ3v) is 4.90. The van der Waals surface area contributed by atoms with E-state index < -0.39 is 5.82 Å². The highest BCUT2D eigenvalue weighted by molar-refractivity contribution is 6.33. The van der Waals surface area contributed by atoms with Crippen molar-refractivity contribution in [3.8, 4) is 11.3 Å². The first-order chi connectivity index (χ1) is 12.9. The summed E-state index contributed by atoms with van der Waals surface area (Å²) in [6.07, 6.45) is 0. The van der Waals surface area contributed by atoms with Crippen LogP contribution in [0.15, 0.2) is 22.7 Å². The van der Waals surface area contributed by atoms with Crippen LogP contribution in [0.4, 0.5) is 4.39 Å². The van der Waals surface area contributed by atoms with Gasteiger partial charge in [-0.2, -0.15) is 0 Å². The van der Waals surface area contributed by atoms with Gasteiger partial charge in [0.25, 0.3) is 5.91 Å². The maximum Gasteiger partial charge on any atom is 0.259 e. The first kappa shape index (κ1) is 19.3. The van der Waals surface area contributed by atoms with Crippen molar-refractivity contribution in [1.82, 2.24) is 20.3 Å². The SMILES string of the molecule is CNC(=O)CN1CCN(C(=O)c2c(-c3c(F)cccc3Cl)noc2C)CC1. The molecule has 1 fully saturated rings. The van der Waals surface area contributed by atoms with Gasteiger partial charge in [-0.05, 0) is 19.1 Å². The zero-order chi connectivity index (χ0) is 19.6. The Balaban J connectivity index is 1.81. The lowest BCUT2D eigenvalue weighted by Crippen LogP contribution is -2.51. The van der Waals surface area contributed by atoms with Gasteiger partial charge in [-0.1, -0.05) is 22.8 Å². The Bertz CT molecular complexity index is 842. The highest BCUT2D eigenvalue weighted by atomic mass is 35.5. The van der Waals surface area contributed by atoms with Crippen LogP contribution in [-0.4, -0.2) is 66.5 Å². The smallest absolute Gasteiger partial charge is 0.259 e. The standard InChI is InChI=1S/C18H20ClFN4O3/c1-11-15(17(22-27-11)16-12(19)4-3-5-13(16)20)18(26)24-8-6-23(7-9-24)10-14(25)21-2/h3-5H,6-10H2,1-2H3,(H,21,25). The largest absolute Gasteiger partial charge is 0.360 e. The fourth-order valence-electron chi connectivity index (χ4n) is 3.07. The molecule has 144 valence electrons. The third-order valence-electron chi connectivity index (χ3n) is 4.58. The molecule has 0 atom stereocenters. The molecule has 0 saturated carbocycles. The maximum absolute atomic E-state index is 14.3. The molecular formula is C18H20ClFN4O3. The van der Waals surface area contributed by atoms with Gasteiger partial charge in [-0.25, -0.2) is 4.39 Å². The highest BCUT2D eigenvalue weighted by Gasteiger charge is 2.30. The van der Waals surface area contributed by atoms with Crippen LogP contribution in [0.1, 0.15) is 16.1 Å². The van der Waals surface area contributed by atoms with Gasteiger partial charge in [-0.3, -0.25) is 14.5 Å². The molecule has 0 unspecified atom stereocenters. The van der Waals surface area contributed by atoms with E-state index in [2.05, 4.69) is 10.5 Å². The number of hydrogen-bond acceptors (Lipinski definition) is 5. The number of halogens is 2. The van der Waals surface area contributed by atoms with Crippen molar-refractivity contribution in [3.63, 3.8) is 0 Å². The number of rotatable bonds is 4.